The van der Waals surface area contributed by atoms with Crippen LogP contribution in [0.3, 0.4) is 0 Å². The molecule has 3 rings (SSSR count). The highest BCUT2D eigenvalue weighted by atomic mass is 35.5. The predicted molar refractivity (Wildman–Crippen MR) is 86.4 cm³/mol. The van der Waals surface area contributed by atoms with Crippen molar-refractivity contribution in [3.8, 4) is 17.2 Å². The van der Waals surface area contributed by atoms with Crippen LogP contribution in [0.5, 0.6) is 17.2 Å². The van der Waals surface area contributed by atoms with Crippen LogP contribution in [0.25, 0.3) is 0 Å². The van der Waals surface area contributed by atoms with E-state index >= 15 is 0 Å². The van der Waals surface area contributed by atoms with Gasteiger partial charge in [-0.05, 0) is 29.8 Å². The maximum atomic E-state index is 11.9. The molecule has 2 aromatic rings. The fraction of sp³-hybridized carbons (Fsp3) is 0.188. The van der Waals surface area contributed by atoms with Gasteiger partial charge in [0.25, 0.3) is 5.91 Å². The van der Waals surface area contributed by atoms with E-state index in [2.05, 4.69) is 5.32 Å². The van der Waals surface area contributed by atoms with Gasteiger partial charge < -0.3 is 19.5 Å². The molecule has 0 saturated carbocycles. The number of nitrogens with one attached hydrogen (secondary N) is 1. The van der Waals surface area contributed by atoms with Crippen LogP contribution in [0.15, 0.2) is 36.4 Å². The average molecular weight is 354 g/mol. The van der Waals surface area contributed by atoms with Crippen LogP contribution in [-0.4, -0.2) is 19.3 Å². The maximum absolute atomic E-state index is 11.9. The number of hydrogen-bond acceptors (Lipinski definition) is 4. The third kappa shape index (κ3) is 4.00. The van der Waals surface area contributed by atoms with Crippen LogP contribution in [0.1, 0.15) is 5.56 Å². The van der Waals surface area contributed by atoms with Crippen LogP contribution in [0, 0.1) is 0 Å². The molecule has 0 aliphatic carbocycles. The first kappa shape index (κ1) is 15.8. The Kier molecular flexibility index (Phi) is 4.79. The summed E-state index contributed by atoms with van der Waals surface area (Å²) in [6.07, 6.45) is 0. The first-order chi connectivity index (χ1) is 11.1. The van der Waals surface area contributed by atoms with Crippen molar-refractivity contribution in [2.75, 3.05) is 13.4 Å². The van der Waals surface area contributed by atoms with Crippen molar-refractivity contribution in [1.82, 2.24) is 5.32 Å². The molecule has 1 aliphatic heterocycles. The summed E-state index contributed by atoms with van der Waals surface area (Å²) >= 11 is 11.8. The molecule has 1 heterocycles. The number of fused-ring (bicyclic) bond motifs is 1. The zero-order valence-electron chi connectivity index (χ0n) is 12.0. The summed E-state index contributed by atoms with van der Waals surface area (Å²) < 4.78 is 15.9. The van der Waals surface area contributed by atoms with E-state index in [9.17, 15) is 4.79 Å². The molecule has 0 saturated heterocycles. The lowest BCUT2D eigenvalue weighted by atomic mass is 10.2. The van der Waals surface area contributed by atoms with Gasteiger partial charge in [-0.1, -0.05) is 29.3 Å². The zero-order valence-corrected chi connectivity index (χ0v) is 13.5. The Labute approximate surface area is 143 Å². The molecule has 0 bridgehead atoms. The molecule has 23 heavy (non-hydrogen) atoms. The van der Waals surface area contributed by atoms with Crippen LogP contribution in [0.4, 0.5) is 0 Å². The van der Waals surface area contributed by atoms with E-state index in [4.69, 9.17) is 37.4 Å². The molecule has 2 aromatic carbocycles. The normalized spacial score (nSPS) is 12.1. The van der Waals surface area contributed by atoms with E-state index in [0.717, 1.165) is 5.56 Å². The SMILES string of the molecule is O=C(COc1cc(Cl)ccc1Cl)NCc1ccc2c(c1)OCO2. The van der Waals surface area contributed by atoms with Gasteiger partial charge in [0, 0.05) is 17.6 Å². The molecule has 1 amide bonds. The monoisotopic (exact) mass is 353 g/mol. The third-order valence-corrected chi connectivity index (χ3v) is 3.73. The molecule has 1 aliphatic rings. The summed E-state index contributed by atoms with van der Waals surface area (Å²) in [5, 5.41) is 3.65. The predicted octanol–water partition coefficient (Wildman–Crippen LogP) is 3.42. The molecule has 0 spiro atoms. The Morgan fingerprint density at radius 2 is 1.96 bits per heavy atom. The second kappa shape index (κ2) is 6.98. The Morgan fingerprint density at radius 3 is 2.83 bits per heavy atom. The molecule has 0 aromatic heterocycles. The maximum Gasteiger partial charge on any atom is 0.258 e. The number of rotatable bonds is 5. The Hall–Kier alpha value is -2.11. The van der Waals surface area contributed by atoms with E-state index in [1.807, 2.05) is 18.2 Å². The number of amides is 1. The van der Waals surface area contributed by atoms with E-state index in [1.165, 1.54) is 0 Å². The highest BCUT2D eigenvalue weighted by molar-refractivity contribution is 6.34. The minimum Gasteiger partial charge on any atom is -0.482 e. The van der Waals surface area contributed by atoms with E-state index in [-0.39, 0.29) is 19.3 Å². The summed E-state index contributed by atoms with van der Waals surface area (Å²) in [6.45, 7) is 0.437. The lowest BCUT2D eigenvalue weighted by molar-refractivity contribution is -0.123. The largest absolute Gasteiger partial charge is 0.482 e. The zero-order chi connectivity index (χ0) is 16.2. The van der Waals surface area contributed by atoms with E-state index < -0.39 is 0 Å². The number of ether oxygens (including phenoxy) is 3. The number of carbonyl (C=O) groups is 1. The van der Waals surface area contributed by atoms with E-state index in [1.54, 1.807) is 18.2 Å². The number of carbonyl (C=O) groups excluding carboxylic acids is 1. The molecule has 120 valence electrons. The van der Waals surface area contributed by atoms with Crippen LogP contribution in [-0.2, 0) is 11.3 Å². The summed E-state index contributed by atoms with van der Waals surface area (Å²) in [5.41, 5.74) is 0.906. The number of benzene rings is 2. The fourth-order valence-corrected chi connectivity index (χ4v) is 2.37. The number of halogens is 2. The van der Waals surface area contributed by atoms with Gasteiger partial charge in [-0.2, -0.15) is 0 Å². The summed E-state index contributed by atoms with van der Waals surface area (Å²) in [4.78, 5) is 11.9. The van der Waals surface area contributed by atoms with Gasteiger partial charge in [0.1, 0.15) is 5.75 Å². The van der Waals surface area contributed by atoms with Crippen molar-refractivity contribution in [2.24, 2.45) is 0 Å². The Morgan fingerprint density at radius 1 is 1.13 bits per heavy atom. The van der Waals surface area contributed by atoms with Crippen LogP contribution < -0.4 is 19.5 Å². The first-order valence-electron chi connectivity index (χ1n) is 6.85. The minimum atomic E-state index is -0.265. The smallest absolute Gasteiger partial charge is 0.258 e. The fourth-order valence-electron chi connectivity index (χ4n) is 2.03. The molecule has 0 fully saturated rings. The van der Waals surface area contributed by atoms with Gasteiger partial charge in [-0.15, -0.1) is 0 Å². The molecule has 7 heteroatoms. The van der Waals surface area contributed by atoms with Gasteiger partial charge in [-0.3, -0.25) is 4.79 Å². The standard InChI is InChI=1S/C16H13Cl2NO4/c17-11-2-3-12(18)14(6-11)21-8-16(20)19-7-10-1-4-13-15(5-10)23-9-22-13/h1-6H,7-9H2,(H,19,20). The molecule has 0 atom stereocenters. The third-order valence-electron chi connectivity index (χ3n) is 3.18. The van der Waals surface area contributed by atoms with Crippen LogP contribution in [0.2, 0.25) is 10.0 Å². The van der Waals surface area contributed by atoms with Crippen molar-refractivity contribution >= 4 is 29.1 Å². The molecule has 5 nitrogen and oxygen atoms in total. The van der Waals surface area contributed by atoms with Crippen molar-refractivity contribution < 1.29 is 19.0 Å². The average Bonchev–Trinajstić information content (AvgIpc) is 3.01. The Bertz CT molecular complexity index is 736. The lowest BCUT2D eigenvalue weighted by Crippen LogP contribution is -2.28. The van der Waals surface area contributed by atoms with Crippen molar-refractivity contribution in [3.63, 3.8) is 0 Å². The molecular formula is C16H13Cl2NO4. The van der Waals surface area contributed by atoms with Crippen molar-refractivity contribution in [3.05, 3.63) is 52.0 Å². The highest BCUT2D eigenvalue weighted by Gasteiger charge is 2.13. The van der Waals surface area contributed by atoms with Crippen molar-refractivity contribution in [1.29, 1.82) is 0 Å². The number of hydrogen-bond donors (Lipinski definition) is 1. The first-order valence-corrected chi connectivity index (χ1v) is 7.60. The van der Waals surface area contributed by atoms with Gasteiger partial charge in [-0.25, -0.2) is 0 Å². The van der Waals surface area contributed by atoms with Crippen LogP contribution >= 0.6 is 23.2 Å². The molecular weight excluding hydrogens is 341 g/mol. The van der Waals surface area contributed by atoms with Crippen molar-refractivity contribution in [2.45, 2.75) is 6.54 Å². The molecule has 0 unspecified atom stereocenters. The molecule has 0 radical (unpaired) electrons. The minimum absolute atomic E-state index is 0.148. The highest BCUT2D eigenvalue weighted by Crippen LogP contribution is 2.32. The second-order valence-corrected chi connectivity index (χ2v) is 5.67. The van der Waals surface area contributed by atoms with Gasteiger partial charge in [0.15, 0.2) is 18.1 Å². The second-order valence-electron chi connectivity index (χ2n) is 4.83. The summed E-state index contributed by atoms with van der Waals surface area (Å²) in [5.74, 6) is 1.49. The topological polar surface area (TPSA) is 56.8 Å². The van der Waals surface area contributed by atoms with Gasteiger partial charge >= 0.3 is 0 Å². The van der Waals surface area contributed by atoms with Gasteiger partial charge in [0.2, 0.25) is 6.79 Å². The quantitative estimate of drug-likeness (QED) is 0.894. The molecule has 1 N–H and O–H groups in total. The lowest BCUT2D eigenvalue weighted by Gasteiger charge is -2.09. The Balaban J connectivity index is 1.51. The van der Waals surface area contributed by atoms with E-state index in [0.29, 0.717) is 33.8 Å². The summed E-state index contributed by atoms with van der Waals surface area (Å²) in [7, 11) is 0. The summed E-state index contributed by atoms with van der Waals surface area (Å²) in [6, 6.07) is 10.3. The van der Waals surface area contributed by atoms with Gasteiger partial charge in [0.05, 0.1) is 5.02 Å².